The van der Waals surface area contributed by atoms with Crippen molar-refractivity contribution in [2.24, 2.45) is 0 Å². The lowest BCUT2D eigenvalue weighted by Gasteiger charge is -2.10. The maximum Gasteiger partial charge on any atom is 0.416 e. The first-order valence-electron chi connectivity index (χ1n) is 7.57. The summed E-state index contributed by atoms with van der Waals surface area (Å²) in [5.41, 5.74) is 0.685. The Bertz CT molecular complexity index is 684. The number of nitrogens with one attached hydrogen (secondary N) is 2. The Kier molecular flexibility index (Phi) is 5.78. The van der Waals surface area contributed by atoms with Gasteiger partial charge in [-0.25, -0.2) is 0 Å². The van der Waals surface area contributed by atoms with Crippen molar-refractivity contribution in [2.45, 2.75) is 25.9 Å². The molecule has 128 valence electrons. The zero-order valence-electron chi connectivity index (χ0n) is 13.2. The van der Waals surface area contributed by atoms with Crippen LogP contribution in [0.1, 0.15) is 35.7 Å². The molecule has 1 aromatic heterocycles. The minimum Gasteiger partial charge on any atom is -0.354 e. The van der Waals surface area contributed by atoms with Crippen molar-refractivity contribution in [3.05, 3.63) is 53.9 Å². The van der Waals surface area contributed by atoms with Crippen molar-refractivity contribution in [3.8, 4) is 0 Å². The fourth-order valence-corrected chi connectivity index (χ4v) is 2.02. The van der Waals surface area contributed by atoms with E-state index in [4.69, 9.17) is 0 Å². The molecule has 0 aliphatic carbocycles. The Balaban J connectivity index is 2.05. The molecule has 0 saturated heterocycles. The number of amides is 1. The lowest BCUT2D eigenvalue weighted by molar-refractivity contribution is -0.137. The van der Waals surface area contributed by atoms with E-state index in [9.17, 15) is 18.0 Å². The fourth-order valence-electron chi connectivity index (χ4n) is 2.02. The second-order valence-corrected chi connectivity index (χ2v) is 5.27. The number of pyridine rings is 1. The van der Waals surface area contributed by atoms with Gasteiger partial charge < -0.3 is 10.6 Å². The smallest absolute Gasteiger partial charge is 0.354 e. The van der Waals surface area contributed by atoms with Crippen LogP contribution in [0.2, 0.25) is 0 Å². The average Bonchev–Trinajstić information content (AvgIpc) is 2.55. The molecule has 0 spiro atoms. The molecule has 0 saturated carbocycles. The third kappa shape index (κ3) is 4.97. The van der Waals surface area contributed by atoms with Crippen molar-refractivity contribution in [3.63, 3.8) is 0 Å². The Morgan fingerprint density at radius 3 is 2.46 bits per heavy atom. The van der Waals surface area contributed by atoms with Gasteiger partial charge in [0.05, 0.1) is 23.0 Å². The van der Waals surface area contributed by atoms with E-state index < -0.39 is 11.7 Å². The number of alkyl halides is 3. The first kappa shape index (κ1) is 17.8. The molecular formula is C17H18F3N3O. The maximum absolute atomic E-state index is 12.5. The predicted molar refractivity (Wildman–Crippen MR) is 86.2 cm³/mol. The lowest BCUT2D eigenvalue weighted by Crippen LogP contribution is -2.24. The van der Waals surface area contributed by atoms with Crippen LogP contribution in [-0.4, -0.2) is 17.4 Å². The van der Waals surface area contributed by atoms with Crippen LogP contribution in [-0.2, 0) is 6.18 Å². The highest BCUT2D eigenvalue weighted by molar-refractivity contribution is 5.94. The van der Waals surface area contributed by atoms with Crippen molar-refractivity contribution >= 4 is 17.3 Å². The van der Waals surface area contributed by atoms with Gasteiger partial charge in [-0.05, 0) is 36.8 Å². The highest BCUT2D eigenvalue weighted by atomic mass is 19.4. The van der Waals surface area contributed by atoms with Crippen molar-refractivity contribution in [1.29, 1.82) is 0 Å². The van der Waals surface area contributed by atoms with Gasteiger partial charge in [0, 0.05) is 18.4 Å². The Labute approximate surface area is 138 Å². The standard InChI is InChI=1S/C17H18F3N3O/c1-2-3-8-22-16(24)12-9-15(11-21-10-12)23-14-6-4-13(5-7-14)17(18,19)20/h4-7,9-11,23H,2-3,8H2,1H3,(H,22,24). The summed E-state index contributed by atoms with van der Waals surface area (Å²) in [5.74, 6) is -0.230. The Morgan fingerprint density at radius 2 is 1.83 bits per heavy atom. The zero-order chi connectivity index (χ0) is 17.6. The monoisotopic (exact) mass is 337 g/mol. The van der Waals surface area contributed by atoms with Gasteiger partial charge in [0.25, 0.3) is 5.91 Å². The number of aromatic nitrogens is 1. The van der Waals surface area contributed by atoms with Crippen molar-refractivity contribution in [1.82, 2.24) is 10.3 Å². The van der Waals surface area contributed by atoms with Crippen LogP contribution >= 0.6 is 0 Å². The first-order chi connectivity index (χ1) is 11.4. The van der Waals surface area contributed by atoms with Crippen LogP contribution in [0.15, 0.2) is 42.7 Å². The van der Waals surface area contributed by atoms with Gasteiger partial charge in [-0.1, -0.05) is 13.3 Å². The van der Waals surface area contributed by atoms with Gasteiger partial charge in [-0.15, -0.1) is 0 Å². The summed E-state index contributed by atoms with van der Waals surface area (Å²) in [4.78, 5) is 16.0. The van der Waals surface area contributed by atoms with Crippen molar-refractivity contribution < 1.29 is 18.0 Å². The Morgan fingerprint density at radius 1 is 1.12 bits per heavy atom. The molecule has 2 N–H and O–H groups in total. The van der Waals surface area contributed by atoms with Gasteiger partial charge in [0.2, 0.25) is 0 Å². The predicted octanol–water partition coefficient (Wildman–Crippen LogP) is 4.37. The molecule has 7 heteroatoms. The van der Waals surface area contributed by atoms with Crippen LogP contribution in [0.25, 0.3) is 0 Å². The van der Waals surface area contributed by atoms with E-state index in [1.807, 2.05) is 6.92 Å². The molecule has 0 unspecified atom stereocenters. The zero-order valence-corrected chi connectivity index (χ0v) is 13.2. The second-order valence-electron chi connectivity index (χ2n) is 5.27. The number of rotatable bonds is 6. The van der Waals surface area contributed by atoms with E-state index in [1.54, 1.807) is 6.07 Å². The number of nitrogens with zero attached hydrogens (tertiary/aromatic N) is 1. The molecule has 1 amide bonds. The van der Waals surface area contributed by atoms with Gasteiger partial charge in [-0.3, -0.25) is 9.78 Å². The van der Waals surface area contributed by atoms with Crippen LogP contribution in [0.5, 0.6) is 0 Å². The fraction of sp³-hybridized carbons (Fsp3) is 0.294. The number of hydrogen-bond donors (Lipinski definition) is 2. The quantitative estimate of drug-likeness (QED) is 0.770. The van der Waals surface area contributed by atoms with E-state index in [1.165, 1.54) is 24.5 Å². The van der Waals surface area contributed by atoms with E-state index in [0.29, 0.717) is 23.5 Å². The highest BCUT2D eigenvalue weighted by Crippen LogP contribution is 2.30. The molecule has 24 heavy (non-hydrogen) atoms. The molecule has 1 heterocycles. The number of carbonyl (C=O) groups is 1. The lowest BCUT2D eigenvalue weighted by atomic mass is 10.2. The summed E-state index contributed by atoms with van der Waals surface area (Å²) < 4.78 is 37.6. The second kappa shape index (κ2) is 7.81. The molecule has 2 rings (SSSR count). The third-order valence-corrected chi connectivity index (χ3v) is 3.32. The third-order valence-electron chi connectivity index (χ3n) is 3.32. The van der Waals surface area contributed by atoms with Crippen LogP contribution in [0.3, 0.4) is 0 Å². The largest absolute Gasteiger partial charge is 0.416 e. The molecule has 1 aromatic carbocycles. The average molecular weight is 337 g/mol. The van der Waals surface area contributed by atoms with Crippen LogP contribution in [0.4, 0.5) is 24.5 Å². The minimum absolute atomic E-state index is 0.230. The SMILES string of the molecule is CCCCNC(=O)c1cncc(Nc2ccc(C(F)(F)F)cc2)c1. The highest BCUT2D eigenvalue weighted by Gasteiger charge is 2.29. The summed E-state index contributed by atoms with van der Waals surface area (Å²) in [6.07, 6.45) is 0.451. The van der Waals surface area contributed by atoms with Gasteiger partial charge >= 0.3 is 6.18 Å². The molecule has 0 radical (unpaired) electrons. The number of halogens is 3. The first-order valence-corrected chi connectivity index (χ1v) is 7.57. The molecular weight excluding hydrogens is 319 g/mol. The van der Waals surface area contributed by atoms with E-state index in [-0.39, 0.29) is 5.91 Å². The molecule has 0 fully saturated rings. The molecule has 2 aromatic rings. The summed E-state index contributed by atoms with van der Waals surface area (Å²) in [7, 11) is 0. The summed E-state index contributed by atoms with van der Waals surface area (Å²) in [5, 5.41) is 5.72. The van der Waals surface area contributed by atoms with E-state index >= 15 is 0 Å². The van der Waals surface area contributed by atoms with Crippen molar-refractivity contribution in [2.75, 3.05) is 11.9 Å². The summed E-state index contributed by atoms with van der Waals surface area (Å²) >= 11 is 0. The minimum atomic E-state index is -4.36. The van der Waals surface area contributed by atoms with Gasteiger partial charge in [-0.2, -0.15) is 13.2 Å². The number of anilines is 2. The molecule has 0 aliphatic heterocycles. The van der Waals surface area contributed by atoms with Gasteiger partial charge in [0.15, 0.2) is 0 Å². The summed E-state index contributed by atoms with van der Waals surface area (Å²) in [6.45, 7) is 2.62. The van der Waals surface area contributed by atoms with Crippen LogP contribution < -0.4 is 10.6 Å². The molecule has 0 aliphatic rings. The molecule has 4 nitrogen and oxygen atoms in total. The van der Waals surface area contributed by atoms with E-state index in [0.717, 1.165) is 25.0 Å². The van der Waals surface area contributed by atoms with Gasteiger partial charge in [0.1, 0.15) is 0 Å². The van der Waals surface area contributed by atoms with Crippen LogP contribution in [0, 0.1) is 0 Å². The number of carbonyl (C=O) groups excluding carboxylic acids is 1. The normalized spacial score (nSPS) is 11.2. The summed E-state index contributed by atoms with van der Waals surface area (Å²) in [6, 6.07) is 6.26. The number of hydrogen-bond acceptors (Lipinski definition) is 3. The number of benzene rings is 1. The topological polar surface area (TPSA) is 54.0 Å². The Hall–Kier alpha value is -2.57. The number of unbranched alkanes of at least 4 members (excludes halogenated alkanes) is 1. The maximum atomic E-state index is 12.5. The van der Waals surface area contributed by atoms with E-state index in [2.05, 4.69) is 15.6 Å². The molecule has 0 atom stereocenters. The molecule has 0 bridgehead atoms.